The first kappa shape index (κ1) is 14.8. The first-order valence-electron chi connectivity index (χ1n) is 7.21. The largest absolute Gasteiger partial charge is 0.354 e. The molecule has 1 aliphatic heterocycles. The van der Waals surface area contributed by atoms with Gasteiger partial charge in [-0.1, -0.05) is 0 Å². The summed E-state index contributed by atoms with van der Waals surface area (Å²) in [7, 11) is 0. The minimum atomic E-state index is -0.179. The summed E-state index contributed by atoms with van der Waals surface area (Å²) in [6.07, 6.45) is 5.36. The number of rotatable bonds is 2. The van der Waals surface area contributed by atoms with Gasteiger partial charge in [-0.05, 0) is 40.5 Å². The van der Waals surface area contributed by atoms with Crippen LogP contribution >= 0.6 is 0 Å². The van der Waals surface area contributed by atoms with E-state index >= 15 is 0 Å². The van der Waals surface area contributed by atoms with Crippen LogP contribution in [0.5, 0.6) is 0 Å². The van der Waals surface area contributed by atoms with Crippen molar-refractivity contribution in [3.63, 3.8) is 0 Å². The molecule has 5 heteroatoms. The highest BCUT2D eigenvalue weighted by molar-refractivity contribution is 5.80. The lowest BCUT2D eigenvalue weighted by atomic mass is 9.95. The van der Waals surface area contributed by atoms with Crippen molar-refractivity contribution in [2.75, 3.05) is 18.0 Å². The number of aromatic nitrogens is 2. The first-order valence-corrected chi connectivity index (χ1v) is 7.21. The van der Waals surface area contributed by atoms with Crippen molar-refractivity contribution in [3.8, 4) is 0 Å². The van der Waals surface area contributed by atoms with Gasteiger partial charge in [0.25, 0.3) is 0 Å². The normalized spacial score (nSPS) is 19.8. The summed E-state index contributed by atoms with van der Waals surface area (Å²) in [6, 6.07) is 0. The highest BCUT2D eigenvalue weighted by Gasteiger charge is 2.29. The number of nitrogens with one attached hydrogen (secondary N) is 1. The predicted molar refractivity (Wildman–Crippen MR) is 79.6 cm³/mol. The van der Waals surface area contributed by atoms with Gasteiger partial charge in [0.05, 0.1) is 11.6 Å². The third kappa shape index (κ3) is 3.68. The molecule has 1 fully saturated rings. The van der Waals surface area contributed by atoms with Gasteiger partial charge in [0.2, 0.25) is 5.91 Å². The predicted octanol–water partition coefficient (Wildman–Crippen LogP) is 1.92. The van der Waals surface area contributed by atoms with Crippen LogP contribution in [0.3, 0.4) is 0 Å². The van der Waals surface area contributed by atoms with Crippen LogP contribution in [0, 0.1) is 12.8 Å². The molecule has 0 aliphatic carbocycles. The van der Waals surface area contributed by atoms with Gasteiger partial charge in [-0.2, -0.15) is 0 Å². The fourth-order valence-electron chi connectivity index (χ4n) is 2.57. The molecule has 0 radical (unpaired) electrons. The molecule has 0 bridgehead atoms. The number of carbonyl (C=O) groups is 1. The lowest BCUT2D eigenvalue weighted by molar-refractivity contribution is -0.126. The quantitative estimate of drug-likeness (QED) is 0.896. The summed E-state index contributed by atoms with van der Waals surface area (Å²) in [5.74, 6) is 1.08. The number of piperidine rings is 1. The molecule has 2 rings (SSSR count). The van der Waals surface area contributed by atoms with Crippen molar-refractivity contribution in [2.45, 2.75) is 46.1 Å². The topological polar surface area (TPSA) is 58.1 Å². The fourth-order valence-corrected chi connectivity index (χ4v) is 2.57. The van der Waals surface area contributed by atoms with Crippen LogP contribution in [0.2, 0.25) is 0 Å². The summed E-state index contributed by atoms with van der Waals surface area (Å²) in [5, 5.41) is 3.07. The Kier molecular flexibility index (Phi) is 4.26. The van der Waals surface area contributed by atoms with Crippen molar-refractivity contribution >= 4 is 11.7 Å². The van der Waals surface area contributed by atoms with Crippen molar-refractivity contribution in [2.24, 2.45) is 5.92 Å². The van der Waals surface area contributed by atoms with Gasteiger partial charge in [-0.3, -0.25) is 9.78 Å². The zero-order valence-electron chi connectivity index (χ0n) is 12.8. The van der Waals surface area contributed by atoms with Crippen LogP contribution in [0.4, 0.5) is 5.82 Å². The Hall–Kier alpha value is -1.65. The maximum Gasteiger partial charge on any atom is 0.225 e. The second-order valence-corrected chi connectivity index (χ2v) is 6.49. The molecule has 0 saturated carbocycles. The minimum Gasteiger partial charge on any atom is -0.354 e. The second-order valence-electron chi connectivity index (χ2n) is 6.49. The van der Waals surface area contributed by atoms with Crippen molar-refractivity contribution in [1.82, 2.24) is 15.3 Å². The molecule has 1 saturated heterocycles. The number of aryl methyl sites for hydroxylation is 1. The molecular weight excluding hydrogens is 252 g/mol. The molecule has 1 aromatic rings. The molecule has 0 aromatic carbocycles. The molecule has 110 valence electrons. The van der Waals surface area contributed by atoms with Gasteiger partial charge < -0.3 is 10.2 Å². The highest BCUT2D eigenvalue weighted by Crippen LogP contribution is 2.23. The molecule has 1 unspecified atom stereocenters. The van der Waals surface area contributed by atoms with E-state index in [1.165, 1.54) is 0 Å². The molecule has 1 aromatic heterocycles. The van der Waals surface area contributed by atoms with Gasteiger partial charge in [-0.15, -0.1) is 0 Å². The van der Waals surface area contributed by atoms with E-state index in [4.69, 9.17) is 0 Å². The average molecular weight is 276 g/mol. The maximum atomic E-state index is 12.3. The number of nitrogens with zero attached hydrogens (tertiary/aromatic N) is 3. The van der Waals surface area contributed by atoms with Crippen LogP contribution in [0.25, 0.3) is 0 Å². The van der Waals surface area contributed by atoms with Crippen molar-refractivity contribution in [3.05, 3.63) is 18.1 Å². The molecule has 2 heterocycles. The summed E-state index contributed by atoms with van der Waals surface area (Å²) in [4.78, 5) is 23.2. The van der Waals surface area contributed by atoms with Gasteiger partial charge >= 0.3 is 0 Å². The summed E-state index contributed by atoms with van der Waals surface area (Å²) in [5.41, 5.74) is 0.742. The van der Waals surface area contributed by atoms with E-state index in [1.54, 1.807) is 12.4 Å². The van der Waals surface area contributed by atoms with E-state index in [0.717, 1.165) is 37.4 Å². The zero-order chi connectivity index (χ0) is 14.8. The van der Waals surface area contributed by atoms with Gasteiger partial charge in [0.15, 0.2) is 0 Å². The van der Waals surface area contributed by atoms with E-state index in [-0.39, 0.29) is 17.4 Å². The minimum absolute atomic E-state index is 0.0318. The van der Waals surface area contributed by atoms with Crippen LogP contribution in [0.1, 0.15) is 39.3 Å². The Balaban J connectivity index is 2.06. The molecule has 1 atom stereocenters. The van der Waals surface area contributed by atoms with E-state index in [0.29, 0.717) is 0 Å². The Morgan fingerprint density at radius 1 is 1.35 bits per heavy atom. The van der Waals surface area contributed by atoms with Crippen LogP contribution in [0.15, 0.2) is 12.4 Å². The molecular formula is C15H24N4O. The summed E-state index contributed by atoms with van der Waals surface area (Å²) in [6.45, 7) is 9.66. The number of hydrogen-bond donors (Lipinski definition) is 1. The van der Waals surface area contributed by atoms with Crippen LogP contribution < -0.4 is 10.2 Å². The summed E-state index contributed by atoms with van der Waals surface area (Å²) >= 11 is 0. The van der Waals surface area contributed by atoms with Gasteiger partial charge in [0.1, 0.15) is 5.82 Å². The second kappa shape index (κ2) is 5.77. The van der Waals surface area contributed by atoms with Crippen molar-refractivity contribution < 1.29 is 4.79 Å². The van der Waals surface area contributed by atoms with Gasteiger partial charge in [0, 0.05) is 31.0 Å². The fraction of sp³-hybridized carbons (Fsp3) is 0.667. The summed E-state index contributed by atoms with van der Waals surface area (Å²) < 4.78 is 0. The molecule has 0 spiro atoms. The van der Waals surface area contributed by atoms with Gasteiger partial charge in [-0.25, -0.2) is 4.98 Å². The van der Waals surface area contributed by atoms with E-state index < -0.39 is 0 Å². The molecule has 5 nitrogen and oxygen atoms in total. The smallest absolute Gasteiger partial charge is 0.225 e. The Bertz CT molecular complexity index is 481. The standard InChI is InChI=1S/C15H24N4O/c1-11-13(17-8-7-16-11)19-9-5-6-12(10-19)14(20)18-15(2,3)4/h7-8,12H,5-6,9-10H2,1-4H3,(H,18,20). The molecule has 1 amide bonds. The average Bonchev–Trinajstić information content (AvgIpc) is 2.37. The molecule has 1 N–H and O–H groups in total. The number of hydrogen-bond acceptors (Lipinski definition) is 4. The van der Waals surface area contributed by atoms with Crippen LogP contribution in [-0.2, 0) is 4.79 Å². The van der Waals surface area contributed by atoms with E-state index in [1.807, 2.05) is 27.7 Å². The monoisotopic (exact) mass is 276 g/mol. The lowest BCUT2D eigenvalue weighted by Gasteiger charge is -2.34. The first-order chi connectivity index (χ1) is 9.37. The van der Waals surface area contributed by atoms with E-state index in [2.05, 4.69) is 20.2 Å². The van der Waals surface area contributed by atoms with Crippen LogP contribution in [-0.4, -0.2) is 34.5 Å². The SMILES string of the molecule is Cc1nccnc1N1CCCC(C(=O)NC(C)(C)C)C1. The van der Waals surface area contributed by atoms with Crippen molar-refractivity contribution in [1.29, 1.82) is 0 Å². The van der Waals surface area contributed by atoms with E-state index in [9.17, 15) is 4.79 Å². The molecule has 20 heavy (non-hydrogen) atoms. The third-order valence-corrected chi connectivity index (χ3v) is 3.45. The maximum absolute atomic E-state index is 12.3. The lowest BCUT2D eigenvalue weighted by Crippen LogP contribution is -2.49. The Morgan fingerprint density at radius 2 is 2.05 bits per heavy atom. The third-order valence-electron chi connectivity index (χ3n) is 3.45. The number of amides is 1. The number of carbonyl (C=O) groups excluding carboxylic acids is 1. The zero-order valence-corrected chi connectivity index (χ0v) is 12.8. The Morgan fingerprint density at radius 3 is 2.70 bits per heavy atom. The number of anilines is 1. The molecule has 1 aliphatic rings. The highest BCUT2D eigenvalue weighted by atomic mass is 16.2. The Labute approximate surface area is 120 Å².